The van der Waals surface area contributed by atoms with Crippen molar-refractivity contribution in [3.8, 4) is 5.69 Å². The number of anilines is 1. The van der Waals surface area contributed by atoms with Gasteiger partial charge in [-0.3, -0.25) is 4.79 Å². The average Bonchev–Trinajstić information content (AvgIpc) is 2.91. The fourth-order valence-electron chi connectivity index (χ4n) is 2.40. The molecule has 0 radical (unpaired) electrons. The van der Waals surface area contributed by atoms with Gasteiger partial charge in [0.05, 0.1) is 23.1 Å². The van der Waals surface area contributed by atoms with Crippen LogP contribution in [-0.2, 0) is 0 Å². The highest BCUT2D eigenvalue weighted by atomic mass is 35.5. The minimum atomic E-state index is -0.176. The monoisotopic (exact) mass is 325 g/mol. The molecule has 1 aromatic heterocycles. The van der Waals surface area contributed by atoms with Gasteiger partial charge >= 0.3 is 0 Å². The number of carbonyl (C=O) groups excluding carboxylic acids is 1. The van der Waals surface area contributed by atoms with E-state index in [1.807, 2.05) is 56.3 Å². The number of aryl methyl sites for hydroxylation is 1. The topological polar surface area (TPSA) is 46.9 Å². The van der Waals surface area contributed by atoms with Crippen molar-refractivity contribution >= 4 is 23.2 Å². The highest BCUT2D eigenvalue weighted by Gasteiger charge is 2.16. The first-order valence-electron chi connectivity index (χ1n) is 7.24. The van der Waals surface area contributed by atoms with E-state index in [1.165, 1.54) is 0 Å². The number of amides is 1. The first kappa shape index (κ1) is 15.3. The Morgan fingerprint density at radius 2 is 1.91 bits per heavy atom. The van der Waals surface area contributed by atoms with E-state index < -0.39 is 0 Å². The number of hydrogen-bond acceptors (Lipinski definition) is 2. The molecule has 3 aromatic rings. The molecule has 1 amide bonds. The molecule has 0 aliphatic heterocycles. The molecule has 0 aliphatic carbocycles. The van der Waals surface area contributed by atoms with Gasteiger partial charge in [-0.15, -0.1) is 0 Å². The van der Waals surface area contributed by atoms with Gasteiger partial charge in [-0.1, -0.05) is 35.9 Å². The van der Waals surface area contributed by atoms with Crippen LogP contribution in [0.4, 0.5) is 5.69 Å². The van der Waals surface area contributed by atoms with Crippen molar-refractivity contribution in [2.45, 2.75) is 13.8 Å². The summed E-state index contributed by atoms with van der Waals surface area (Å²) in [6, 6.07) is 15.0. The molecular weight excluding hydrogens is 310 g/mol. The molecule has 1 N–H and O–H groups in total. The molecule has 23 heavy (non-hydrogen) atoms. The van der Waals surface area contributed by atoms with Gasteiger partial charge in [0, 0.05) is 10.7 Å². The third-order valence-corrected chi connectivity index (χ3v) is 3.94. The Bertz CT molecular complexity index is 870. The van der Waals surface area contributed by atoms with Gasteiger partial charge < -0.3 is 5.32 Å². The van der Waals surface area contributed by atoms with Crippen LogP contribution in [-0.4, -0.2) is 15.7 Å². The standard InChI is InChI=1S/C18H16ClN3O/c1-12-6-3-4-9-17(12)21-18(23)16-11-20-22(13(16)2)15-8-5-7-14(19)10-15/h3-11H,1-2H3,(H,21,23). The third-order valence-electron chi connectivity index (χ3n) is 3.70. The zero-order valence-electron chi connectivity index (χ0n) is 12.9. The number of para-hydroxylation sites is 1. The van der Waals surface area contributed by atoms with E-state index in [1.54, 1.807) is 16.9 Å². The lowest BCUT2D eigenvalue weighted by molar-refractivity contribution is 0.102. The summed E-state index contributed by atoms with van der Waals surface area (Å²) in [6.45, 7) is 3.82. The predicted molar refractivity (Wildman–Crippen MR) is 92.4 cm³/mol. The Labute approximate surface area is 139 Å². The molecule has 5 heteroatoms. The second-order valence-corrected chi connectivity index (χ2v) is 5.74. The van der Waals surface area contributed by atoms with E-state index in [-0.39, 0.29) is 5.91 Å². The molecule has 0 spiro atoms. The number of aromatic nitrogens is 2. The van der Waals surface area contributed by atoms with E-state index in [9.17, 15) is 4.79 Å². The Morgan fingerprint density at radius 3 is 2.65 bits per heavy atom. The molecule has 0 aliphatic rings. The summed E-state index contributed by atoms with van der Waals surface area (Å²) in [5, 5.41) is 7.86. The number of hydrogen-bond donors (Lipinski definition) is 1. The highest BCUT2D eigenvalue weighted by molar-refractivity contribution is 6.30. The molecule has 116 valence electrons. The number of carbonyl (C=O) groups is 1. The first-order valence-corrected chi connectivity index (χ1v) is 7.61. The number of nitrogens with zero attached hydrogens (tertiary/aromatic N) is 2. The van der Waals surface area contributed by atoms with E-state index >= 15 is 0 Å². The Kier molecular flexibility index (Phi) is 4.17. The third kappa shape index (κ3) is 3.12. The quantitative estimate of drug-likeness (QED) is 0.776. The van der Waals surface area contributed by atoms with Crippen molar-refractivity contribution in [2.24, 2.45) is 0 Å². The maximum absolute atomic E-state index is 12.5. The lowest BCUT2D eigenvalue weighted by Gasteiger charge is -2.08. The van der Waals surface area contributed by atoms with E-state index in [2.05, 4.69) is 10.4 Å². The van der Waals surface area contributed by atoms with Crippen LogP contribution >= 0.6 is 11.6 Å². The van der Waals surface area contributed by atoms with Gasteiger partial charge in [0.1, 0.15) is 0 Å². The molecule has 2 aromatic carbocycles. The molecule has 0 saturated carbocycles. The average molecular weight is 326 g/mol. The summed E-state index contributed by atoms with van der Waals surface area (Å²) < 4.78 is 1.71. The van der Waals surface area contributed by atoms with Gasteiger partial charge in [-0.2, -0.15) is 5.10 Å². The largest absolute Gasteiger partial charge is 0.322 e. The number of nitrogens with one attached hydrogen (secondary N) is 1. The van der Waals surface area contributed by atoms with Crippen LogP contribution in [0, 0.1) is 13.8 Å². The smallest absolute Gasteiger partial charge is 0.259 e. The SMILES string of the molecule is Cc1ccccc1NC(=O)c1cnn(-c2cccc(Cl)c2)c1C. The number of benzene rings is 2. The van der Waals surface area contributed by atoms with E-state index in [4.69, 9.17) is 11.6 Å². The first-order chi connectivity index (χ1) is 11.1. The molecule has 0 saturated heterocycles. The molecule has 3 rings (SSSR count). The molecule has 1 heterocycles. The van der Waals surface area contributed by atoms with Gasteiger partial charge in [0.25, 0.3) is 5.91 Å². The zero-order valence-corrected chi connectivity index (χ0v) is 13.6. The lowest BCUT2D eigenvalue weighted by Crippen LogP contribution is -2.13. The van der Waals surface area contributed by atoms with Gasteiger partial charge in [-0.25, -0.2) is 4.68 Å². The molecular formula is C18H16ClN3O. The predicted octanol–water partition coefficient (Wildman–Crippen LogP) is 4.39. The summed E-state index contributed by atoms with van der Waals surface area (Å²) >= 11 is 6.02. The van der Waals surface area contributed by atoms with E-state index in [0.717, 1.165) is 22.6 Å². The van der Waals surface area contributed by atoms with Crippen LogP contribution in [0.5, 0.6) is 0 Å². The number of rotatable bonds is 3. The fraction of sp³-hybridized carbons (Fsp3) is 0.111. The summed E-state index contributed by atoms with van der Waals surface area (Å²) in [5.41, 5.74) is 3.93. The van der Waals surface area contributed by atoms with Crippen LogP contribution in [0.25, 0.3) is 5.69 Å². The maximum atomic E-state index is 12.5. The Balaban J connectivity index is 1.90. The van der Waals surface area contributed by atoms with E-state index in [0.29, 0.717) is 10.6 Å². The van der Waals surface area contributed by atoms with Crippen molar-refractivity contribution in [3.63, 3.8) is 0 Å². The van der Waals surface area contributed by atoms with Gasteiger partial charge in [0.15, 0.2) is 0 Å². The summed E-state index contributed by atoms with van der Waals surface area (Å²) in [4.78, 5) is 12.5. The van der Waals surface area contributed by atoms with Crippen LogP contribution < -0.4 is 5.32 Å². The minimum absolute atomic E-state index is 0.176. The van der Waals surface area contributed by atoms with Crippen molar-refractivity contribution in [2.75, 3.05) is 5.32 Å². The van der Waals surface area contributed by atoms with Crippen LogP contribution in [0.3, 0.4) is 0 Å². The van der Waals surface area contributed by atoms with Crippen LogP contribution in [0.2, 0.25) is 5.02 Å². The van der Waals surface area contributed by atoms with Crippen molar-refractivity contribution in [3.05, 3.63) is 76.6 Å². The van der Waals surface area contributed by atoms with Crippen molar-refractivity contribution in [1.29, 1.82) is 0 Å². The summed E-state index contributed by atoms with van der Waals surface area (Å²) in [7, 11) is 0. The zero-order chi connectivity index (χ0) is 16.4. The van der Waals surface area contributed by atoms with Crippen LogP contribution in [0.1, 0.15) is 21.6 Å². The minimum Gasteiger partial charge on any atom is -0.322 e. The highest BCUT2D eigenvalue weighted by Crippen LogP contribution is 2.20. The lowest BCUT2D eigenvalue weighted by atomic mass is 10.2. The van der Waals surface area contributed by atoms with Crippen molar-refractivity contribution in [1.82, 2.24) is 9.78 Å². The Morgan fingerprint density at radius 1 is 1.13 bits per heavy atom. The second kappa shape index (κ2) is 6.26. The van der Waals surface area contributed by atoms with Gasteiger partial charge in [-0.05, 0) is 43.7 Å². The summed E-state index contributed by atoms with van der Waals surface area (Å²) in [6.07, 6.45) is 1.57. The normalized spacial score (nSPS) is 10.6. The molecule has 0 fully saturated rings. The van der Waals surface area contributed by atoms with Crippen molar-refractivity contribution < 1.29 is 4.79 Å². The maximum Gasteiger partial charge on any atom is 0.259 e. The summed E-state index contributed by atoms with van der Waals surface area (Å²) in [5.74, 6) is -0.176. The van der Waals surface area contributed by atoms with Crippen LogP contribution in [0.15, 0.2) is 54.7 Å². The number of halogens is 1. The second-order valence-electron chi connectivity index (χ2n) is 5.30. The molecule has 0 bridgehead atoms. The molecule has 0 unspecified atom stereocenters. The fourth-order valence-corrected chi connectivity index (χ4v) is 2.59. The Hall–Kier alpha value is -2.59. The molecule has 0 atom stereocenters. The van der Waals surface area contributed by atoms with Gasteiger partial charge in [0.2, 0.25) is 0 Å². The molecule has 4 nitrogen and oxygen atoms in total.